The van der Waals surface area contributed by atoms with E-state index < -0.39 is 29.5 Å². The van der Waals surface area contributed by atoms with Gasteiger partial charge in [0.25, 0.3) is 0 Å². The van der Waals surface area contributed by atoms with Crippen LogP contribution in [-0.4, -0.2) is 47.0 Å². The van der Waals surface area contributed by atoms with Crippen molar-refractivity contribution in [3.05, 3.63) is 42.1 Å². The summed E-state index contributed by atoms with van der Waals surface area (Å²) in [4.78, 5) is 23.5. The number of alkyl halides is 3. The minimum atomic E-state index is -4.79. The third kappa shape index (κ3) is 6.46. The first-order valence-electron chi connectivity index (χ1n) is 10.3. The topological polar surface area (TPSA) is 49.3 Å². The van der Waals surface area contributed by atoms with Crippen molar-refractivity contribution in [1.29, 1.82) is 0 Å². The number of pyridine rings is 2. The van der Waals surface area contributed by atoms with Gasteiger partial charge >= 0.3 is 6.18 Å². The highest BCUT2D eigenvalue weighted by atomic mass is 19.4. The molecule has 2 heterocycles. The number of hydrogen-bond donors (Lipinski definition) is 0. The molecule has 2 aromatic heterocycles. The number of halogens is 4. The molecule has 5 nitrogen and oxygen atoms in total. The van der Waals surface area contributed by atoms with E-state index in [9.17, 15) is 22.4 Å². The summed E-state index contributed by atoms with van der Waals surface area (Å²) in [7, 11) is 0. The van der Waals surface area contributed by atoms with Crippen LogP contribution in [0, 0.1) is 11.7 Å². The number of carbonyl (C=O) groups excluding carboxylic acids is 1. The summed E-state index contributed by atoms with van der Waals surface area (Å²) in [5.41, 5.74) is -1.41. The summed E-state index contributed by atoms with van der Waals surface area (Å²) < 4.78 is 55.2. The maximum Gasteiger partial charge on any atom is 0.435 e. The van der Waals surface area contributed by atoms with Crippen LogP contribution in [-0.2, 0) is 11.0 Å². The predicted octanol–water partition coefficient (Wildman–Crippen LogP) is 5.02. The van der Waals surface area contributed by atoms with Gasteiger partial charge in [0.2, 0.25) is 5.91 Å². The van der Waals surface area contributed by atoms with Gasteiger partial charge in [0, 0.05) is 24.2 Å². The summed E-state index contributed by atoms with van der Waals surface area (Å²) in [6.45, 7) is 9.75. The van der Waals surface area contributed by atoms with E-state index in [0.29, 0.717) is 13.0 Å². The van der Waals surface area contributed by atoms with E-state index in [1.165, 1.54) is 18.3 Å². The second-order valence-corrected chi connectivity index (χ2v) is 7.48. The zero-order chi connectivity index (χ0) is 23.2. The van der Waals surface area contributed by atoms with E-state index in [2.05, 4.69) is 14.9 Å². The SMILES string of the molecule is CCN(CC)CCCN(C(=O)C(C)C)c1ccc(-c2cncc(F)c2)nc1C(F)(F)F. The fraction of sp³-hybridized carbons (Fsp3) is 0.500. The summed E-state index contributed by atoms with van der Waals surface area (Å²) in [6.07, 6.45) is -2.07. The highest BCUT2D eigenvalue weighted by Gasteiger charge is 2.38. The van der Waals surface area contributed by atoms with Crippen molar-refractivity contribution >= 4 is 11.6 Å². The zero-order valence-electron chi connectivity index (χ0n) is 18.2. The van der Waals surface area contributed by atoms with Gasteiger partial charge < -0.3 is 9.80 Å². The van der Waals surface area contributed by atoms with E-state index in [4.69, 9.17) is 0 Å². The Morgan fingerprint density at radius 3 is 2.32 bits per heavy atom. The number of anilines is 1. The lowest BCUT2D eigenvalue weighted by Crippen LogP contribution is -2.38. The minimum Gasteiger partial charge on any atom is -0.310 e. The fourth-order valence-electron chi connectivity index (χ4n) is 3.24. The monoisotopic (exact) mass is 440 g/mol. The van der Waals surface area contributed by atoms with Crippen molar-refractivity contribution in [2.75, 3.05) is 31.1 Å². The Balaban J connectivity index is 2.47. The number of nitrogens with zero attached hydrogens (tertiary/aromatic N) is 4. The lowest BCUT2D eigenvalue weighted by molar-refractivity contribution is -0.140. The van der Waals surface area contributed by atoms with Gasteiger partial charge in [-0.25, -0.2) is 9.37 Å². The molecule has 0 radical (unpaired) electrons. The van der Waals surface area contributed by atoms with Crippen molar-refractivity contribution in [2.24, 2.45) is 5.92 Å². The van der Waals surface area contributed by atoms with Crippen molar-refractivity contribution in [3.8, 4) is 11.3 Å². The molecule has 0 aliphatic heterocycles. The molecule has 0 aliphatic rings. The average Bonchev–Trinajstić information content (AvgIpc) is 2.72. The smallest absolute Gasteiger partial charge is 0.310 e. The van der Waals surface area contributed by atoms with Gasteiger partial charge in [0.15, 0.2) is 5.69 Å². The third-order valence-corrected chi connectivity index (χ3v) is 4.94. The average molecular weight is 440 g/mol. The van der Waals surface area contributed by atoms with E-state index in [-0.39, 0.29) is 23.5 Å². The van der Waals surface area contributed by atoms with Crippen LogP contribution < -0.4 is 4.90 Å². The molecule has 0 bridgehead atoms. The van der Waals surface area contributed by atoms with Gasteiger partial charge in [-0.3, -0.25) is 9.78 Å². The van der Waals surface area contributed by atoms with Gasteiger partial charge in [0.1, 0.15) is 5.82 Å². The number of rotatable bonds is 9. The maximum atomic E-state index is 13.9. The summed E-state index contributed by atoms with van der Waals surface area (Å²) in [5.74, 6) is -1.57. The van der Waals surface area contributed by atoms with Crippen molar-refractivity contribution in [2.45, 2.75) is 40.3 Å². The molecule has 0 saturated heterocycles. The summed E-state index contributed by atoms with van der Waals surface area (Å²) >= 11 is 0. The zero-order valence-corrected chi connectivity index (χ0v) is 18.2. The summed E-state index contributed by atoms with van der Waals surface area (Å²) in [6, 6.07) is 3.65. The fourth-order valence-corrected chi connectivity index (χ4v) is 3.24. The molecule has 0 fully saturated rings. The first-order valence-corrected chi connectivity index (χ1v) is 10.3. The molecule has 0 unspecified atom stereocenters. The van der Waals surface area contributed by atoms with E-state index in [1.807, 2.05) is 13.8 Å². The number of aromatic nitrogens is 2. The van der Waals surface area contributed by atoms with Crippen LogP contribution in [0.2, 0.25) is 0 Å². The van der Waals surface area contributed by atoms with Crippen LogP contribution in [0.5, 0.6) is 0 Å². The van der Waals surface area contributed by atoms with Gasteiger partial charge in [-0.15, -0.1) is 0 Å². The molecule has 31 heavy (non-hydrogen) atoms. The second kappa shape index (κ2) is 10.7. The molecule has 1 amide bonds. The lowest BCUT2D eigenvalue weighted by atomic mass is 10.1. The molecule has 170 valence electrons. The van der Waals surface area contributed by atoms with Crippen molar-refractivity contribution < 1.29 is 22.4 Å². The predicted molar refractivity (Wildman–Crippen MR) is 112 cm³/mol. The van der Waals surface area contributed by atoms with Crippen LogP contribution in [0.15, 0.2) is 30.6 Å². The Hall–Kier alpha value is -2.55. The molecule has 2 aromatic rings. The largest absolute Gasteiger partial charge is 0.435 e. The van der Waals surface area contributed by atoms with Crippen molar-refractivity contribution in [1.82, 2.24) is 14.9 Å². The molecular formula is C22H28F4N4O. The maximum absolute atomic E-state index is 13.9. The highest BCUT2D eigenvalue weighted by Crippen LogP contribution is 2.37. The highest BCUT2D eigenvalue weighted by molar-refractivity contribution is 5.95. The molecule has 0 atom stereocenters. The van der Waals surface area contributed by atoms with E-state index in [1.54, 1.807) is 13.8 Å². The number of carbonyl (C=O) groups is 1. The molecule has 0 N–H and O–H groups in total. The second-order valence-electron chi connectivity index (χ2n) is 7.48. The van der Waals surface area contributed by atoms with E-state index in [0.717, 1.165) is 30.3 Å². The molecule has 2 rings (SSSR count). The first kappa shape index (κ1) is 24.7. The first-order chi connectivity index (χ1) is 14.6. The Bertz CT molecular complexity index is 882. The standard InChI is InChI=1S/C22H28F4N4O/c1-5-29(6-2)10-7-11-30(21(31)15(3)4)19-9-8-18(28-20(19)22(24,25)26)16-12-17(23)14-27-13-16/h8-9,12-15H,5-7,10-11H2,1-4H3. The minimum absolute atomic E-state index is 0.0665. The van der Waals surface area contributed by atoms with Gasteiger partial charge in [-0.1, -0.05) is 27.7 Å². The lowest BCUT2D eigenvalue weighted by Gasteiger charge is -2.28. The molecule has 9 heteroatoms. The van der Waals surface area contributed by atoms with Crippen LogP contribution in [0.1, 0.15) is 39.8 Å². The van der Waals surface area contributed by atoms with Crippen LogP contribution in [0.3, 0.4) is 0 Å². The Labute approximate surface area is 180 Å². The Morgan fingerprint density at radius 1 is 1.10 bits per heavy atom. The molecule has 0 aliphatic carbocycles. The van der Waals surface area contributed by atoms with Gasteiger partial charge in [-0.05, 0) is 44.3 Å². The third-order valence-electron chi connectivity index (χ3n) is 4.94. The number of hydrogen-bond acceptors (Lipinski definition) is 4. The van der Waals surface area contributed by atoms with Crippen LogP contribution in [0.4, 0.5) is 23.2 Å². The van der Waals surface area contributed by atoms with Gasteiger partial charge in [-0.2, -0.15) is 13.2 Å². The van der Waals surface area contributed by atoms with Crippen LogP contribution >= 0.6 is 0 Å². The normalized spacial score (nSPS) is 11.9. The molecule has 0 saturated carbocycles. The molecule has 0 spiro atoms. The molecular weight excluding hydrogens is 412 g/mol. The van der Waals surface area contributed by atoms with E-state index >= 15 is 0 Å². The number of amides is 1. The Kier molecular flexibility index (Phi) is 8.50. The molecule has 0 aromatic carbocycles. The van der Waals surface area contributed by atoms with Gasteiger partial charge in [0.05, 0.1) is 17.6 Å². The van der Waals surface area contributed by atoms with Crippen molar-refractivity contribution in [3.63, 3.8) is 0 Å². The summed E-state index contributed by atoms with van der Waals surface area (Å²) in [5, 5.41) is 0. The van der Waals surface area contributed by atoms with Crippen LogP contribution in [0.25, 0.3) is 11.3 Å². The quantitative estimate of drug-likeness (QED) is 0.514. The Morgan fingerprint density at radius 2 is 1.77 bits per heavy atom.